The van der Waals surface area contributed by atoms with E-state index in [9.17, 15) is 0 Å². The first kappa shape index (κ1) is 15.9. The van der Waals surface area contributed by atoms with Crippen molar-refractivity contribution >= 4 is 73.6 Å². The molecular formula is C6H12N3O3S3Sb. The van der Waals surface area contributed by atoms with Gasteiger partial charge in [0.25, 0.3) is 0 Å². The Bertz CT molecular complexity index is 236. The van der Waals surface area contributed by atoms with E-state index in [2.05, 4.69) is 16.0 Å². The summed E-state index contributed by atoms with van der Waals surface area (Å²) in [5.41, 5.74) is 0. The molecule has 0 saturated carbocycles. The molecule has 0 aromatic heterocycles. The molecule has 92 valence electrons. The Morgan fingerprint density at radius 2 is 1.00 bits per heavy atom. The first-order chi connectivity index (χ1) is 7.53. The summed E-state index contributed by atoms with van der Waals surface area (Å²) in [6.07, 6.45) is 0. The van der Waals surface area contributed by atoms with Gasteiger partial charge in [-0.1, -0.05) is 0 Å². The average Bonchev–Trinajstić information content (AvgIpc) is 2.28. The zero-order valence-corrected chi connectivity index (χ0v) is 13.9. The SMILES string of the molecule is CNC(=S)[O][Sb]([O]C(=S)NC)[O]C(=S)NC. The molecule has 0 atom stereocenters. The van der Waals surface area contributed by atoms with E-state index in [4.69, 9.17) is 45.7 Å². The maximum atomic E-state index is 5.25. The number of hydrogen-bond donors (Lipinski definition) is 3. The fourth-order valence-electron chi connectivity index (χ4n) is 0.396. The van der Waals surface area contributed by atoms with Crippen molar-refractivity contribution in [2.24, 2.45) is 0 Å². The molecule has 0 aromatic carbocycles. The third kappa shape index (κ3) is 7.21. The third-order valence-corrected chi connectivity index (χ3v) is 5.89. The summed E-state index contributed by atoms with van der Waals surface area (Å²) in [5.74, 6) is 0. The van der Waals surface area contributed by atoms with Crippen LogP contribution in [0.15, 0.2) is 0 Å². The van der Waals surface area contributed by atoms with Crippen LogP contribution in [0.1, 0.15) is 0 Å². The molecule has 0 amide bonds. The van der Waals surface area contributed by atoms with Gasteiger partial charge in [0.1, 0.15) is 0 Å². The zero-order chi connectivity index (χ0) is 12.6. The maximum absolute atomic E-state index is 5.25. The summed E-state index contributed by atoms with van der Waals surface area (Å²) in [4.78, 5) is 0. The standard InChI is InChI=1S/3C2H5NOS.Sb/c3*1-3-2(4)5;/h3*1H3,(H2,3,4,5);/q;;;+3/p-3. The predicted octanol–water partition coefficient (Wildman–Crippen LogP) is -0.466. The van der Waals surface area contributed by atoms with Gasteiger partial charge in [0.05, 0.1) is 0 Å². The quantitative estimate of drug-likeness (QED) is 0.437. The number of thiocarbonyl (C=S) groups is 3. The van der Waals surface area contributed by atoms with E-state index in [-0.39, 0.29) is 15.5 Å². The molecule has 0 heterocycles. The number of hydrogen-bond acceptors (Lipinski definition) is 6. The van der Waals surface area contributed by atoms with Crippen LogP contribution in [0.3, 0.4) is 0 Å². The van der Waals surface area contributed by atoms with Gasteiger partial charge in [0.2, 0.25) is 0 Å². The summed E-state index contributed by atoms with van der Waals surface area (Å²) < 4.78 is 15.7. The van der Waals surface area contributed by atoms with E-state index < -0.39 is 21.5 Å². The van der Waals surface area contributed by atoms with Crippen LogP contribution in [-0.4, -0.2) is 58.1 Å². The zero-order valence-electron chi connectivity index (χ0n) is 8.90. The van der Waals surface area contributed by atoms with Crippen molar-refractivity contribution in [3.05, 3.63) is 0 Å². The molecule has 0 saturated heterocycles. The Balaban J connectivity index is 4.31. The second-order valence-corrected chi connectivity index (χ2v) is 6.06. The van der Waals surface area contributed by atoms with E-state index in [0.29, 0.717) is 0 Å². The fourth-order valence-corrected chi connectivity index (χ4v) is 3.88. The monoisotopic (exact) mass is 391 g/mol. The second-order valence-electron chi connectivity index (χ2n) is 2.11. The van der Waals surface area contributed by atoms with Crippen LogP contribution < -0.4 is 16.0 Å². The van der Waals surface area contributed by atoms with Crippen molar-refractivity contribution in [3.8, 4) is 0 Å². The third-order valence-electron chi connectivity index (χ3n) is 1.08. The summed E-state index contributed by atoms with van der Waals surface area (Å²) >= 11 is 11.5. The van der Waals surface area contributed by atoms with Gasteiger partial charge in [-0.3, -0.25) is 0 Å². The minimum absolute atomic E-state index is 0.181. The van der Waals surface area contributed by atoms with E-state index >= 15 is 0 Å². The van der Waals surface area contributed by atoms with Gasteiger partial charge in [-0.2, -0.15) is 0 Å². The Hall–Kier alpha value is -0.112. The van der Waals surface area contributed by atoms with Gasteiger partial charge in [0, 0.05) is 0 Å². The van der Waals surface area contributed by atoms with Crippen LogP contribution in [0, 0.1) is 0 Å². The summed E-state index contributed by atoms with van der Waals surface area (Å²) in [5, 5.41) is 8.48. The molecule has 0 fully saturated rings. The molecule has 10 heteroatoms. The Labute approximate surface area is 119 Å². The molecule has 0 aliphatic heterocycles. The van der Waals surface area contributed by atoms with Crippen LogP contribution in [-0.2, 0) is 9.05 Å². The molecule has 16 heavy (non-hydrogen) atoms. The molecule has 3 N–H and O–H groups in total. The summed E-state index contributed by atoms with van der Waals surface area (Å²) in [6.45, 7) is 0. The first-order valence-corrected chi connectivity index (χ1v) is 8.37. The molecule has 0 unspecified atom stereocenters. The van der Waals surface area contributed by atoms with Crippen molar-refractivity contribution in [2.45, 2.75) is 0 Å². The Morgan fingerprint density at radius 3 is 1.19 bits per heavy atom. The molecule has 0 radical (unpaired) electrons. The van der Waals surface area contributed by atoms with Crippen molar-refractivity contribution < 1.29 is 9.05 Å². The van der Waals surface area contributed by atoms with Crippen LogP contribution >= 0.6 is 36.7 Å². The predicted molar refractivity (Wildman–Crippen MR) is 74.0 cm³/mol. The minimum atomic E-state index is -3.03. The summed E-state index contributed by atoms with van der Waals surface area (Å²) in [6, 6.07) is 0. The topological polar surface area (TPSA) is 63.8 Å². The molecule has 6 nitrogen and oxygen atoms in total. The van der Waals surface area contributed by atoms with E-state index in [1.807, 2.05) is 0 Å². The van der Waals surface area contributed by atoms with E-state index in [1.165, 1.54) is 0 Å². The van der Waals surface area contributed by atoms with Crippen LogP contribution in [0.25, 0.3) is 0 Å². The van der Waals surface area contributed by atoms with Crippen molar-refractivity contribution in [3.63, 3.8) is 0 Å². The second kappa shape index (κ2) is 8.97. The normalized spacial score (nSPS) is 9.00. The van der Waals surface area contributed by atoms with E-state index in [1.54, 1.807) is 21.1 Å². The van der Waals surface area contributed by atoms with Crippen molar-refractivity contribution in [1.29, 1.82) is 0 Å². The molecule has 0 aromatic rings. The molecule has 0 aliphatic carbocycles. The van der Waals surface area contributed by atoms with Gasteiger partial charge in [-0.25, -0.2) is 0 Å². The summed E-state index contributed by atoms with van der Waals surface area (Å²) in [7, 11) is 4.90. The fraction of sp³-hybridized carbons (Fsp3) is 0.500. The van der Waals surface area contributed by atoms with Crippen molar-refractivity contribution in [2.75, 3.05) is 21.1 Å². The molecular weight excluding hydrogens is 380 g/mol. The van der Waals surface area contributed by atoms with Gasteiger partial charge >= 0.3 is 120 Å². The average molecular weight is 392 g/mol. The molecule has 0 spiro atoms. The van der Waals surface area contributed by atoms with Gasteiger partial charge in [-0.15, -0.1) is 0 Å². The van der Waals surface area contributed by atoms with Gasteiger partial charge < -0.3 is 0 Å². The van der Waals surface area contributed by atoms with Crippen molar-refractivity contribution in [1.82, 2.24) is 16.0 Å². The van der Waals surface area contributed by atoms with Crippen LogP contribution in [0.4, 0.5) is 0 Å². The van der Waals surface area contributed by atoms with Gasteiger partial charge in [0.15, 0.2) is 0 Å². The first-order valence-electron chi connectivity index (χ1n) is 4.02. The van der Waals surface area contributed by atoms with Crippen LogP contribution in [0.5, 0.6) is 0 Å². The number of rotatable bonds is 3. The number of nitrogens with one attached hydrogen (secondary N) is 3. The molecule has 0 aliphatic rings. The Morgan fingerprint density at radius 1 is 0.750 bits per heavy atom. The molecule has 0 bridgehead atoms. The Kier molecular flexibility index (Phi) is 8.91. The van der Waals surface area contributed by atoms with Gasteiger partial charge in [-0.05, 0) is 0 Å². The van der Waals surface area contributed by atoms with E-state index in [0.717, 1.165) is 0 Å². The van der Waals surface area contributed by atoms with Crippen LogP contribution in [0.2, 0.25) is 0 Å². The molecule has 0 rings (SSSR count).